The highest BCUT2D eigenvalue weighted by Gasteiger charge is 2.36. The fraction of sp³-hybridized carbons (Fsp3) is 0.562. The summed E-state index contributed by atoms with van der Waals surface area (Å²) >= 11 is 0. The predicted molar refractivity (Wildman–Crippen MR) is 79.7 cm³/mol. The summed E-state index contributed by atoms with van der Waals surface area (Å²) in [4.78, 5) is 11.6. The van der Waals surface area contributed by atoms with Crippen LogP contribution in [0.4, 0.5) is 0 Å². The smallest absolute Gasteiger partial charge is 0.237 e. The molecule has 0 saturated heterocycles. The summed E-state index contributed by atoms with van der Waals surface area (Å²) in [5, 5.41) is 3.35. The molecule has 1 atom stereocenters. The first-order valence-electron chi connectivity index (χ1n) is 7.27. The van der Waals surface area contributed by atoms with E-state index >= 15 is 0 Å². The number of nitrogens with two attached hydrogens (primary N) is 1. The zero-order valence-corrected chi connectivity index (χ0v) is 12.3. The SMILES string of the molecule is Cc1ccccc1OCCCC(C)(NC1CC1)C(N)=O. The molecule has 0 aliphatic heterocycles. The van der Waals surface area contributed by atoms with E-state index in [9.17, 15) is 4.79 Å². The Morgan fingerprint density at radius 2 is 2.15 bits per heavy atom. The molecule has 110 valence electrons. The number of hydrogen-bond acceptors (Lipinski definition) is 3. The second-order valence-corrected chi connectivity index (χ2v) is 5.83. The number of ether oxygens (including phenoxy) is 1. The number of carbonyl (C=O) groups is 1. The molecule has 1 aliphatic rings. The highest BCUT2D eigenvalue weighted by Crippen LogP contribution is 2.25. The van der Waals surface area contributed by atoms with Gasteiger partial charge in [-0.2, -0.15) is 0 Å². The van der Waals surface area contributed by atoms with Crippen molar-refractivity contribution in [2.45, 2.75) is 51.1 Å². The van der Waals surface area contributed by atoms with E-state index in [0.29, 0.717) is 19.1 Å². The molecule has 1 unspecified atom stereocenters. The molecular formula is C16H24N2O2. The predicted octanol–water partition coefficient (Wildman–Crippen LogP) is 2.15. The number of primary amides is 1. The number of para-hydroxylation sites is 1. The molecule has 1 saturated carbocycles. The topological polar surface area (TPSA) is 64.3 Å². The molecule has 0 bridgehead atoms. The van der Waals surface area contributed by atoms with E-state index in [2.05, 4.69) is 5.32 Å². The van der Waals surface area contributed by atoms with Gasteiger partial charge in [-0.25, -0.2) is 0 Å². The van der Waals surface area contributed by atoms with Crippen LogP contribution in [0.1, 0.15) is 38.2 Å². The Morgan fingerprint density at radius 1 is 1.45 bits per heavy atom. The van der Waals surface area contributed by atoms with Crippen LogP contribution >= 0.6 is 0 Å². The summed E-state index contributed by atoms with van der Waals surface area (Å²) in [5.41, 5.74) is 6.03. The van der Waals surface area contributed by atoms with E-state index in [4.69, 9.17) is 10.5 Å². The van der Waals surface area contributed by atoms with Crippen LogP contribution in [0.2, 0.25) is 0 Å². The Morgan fingerprint density at radius 3 is 2.75 bits per heavy atom. The summed E-state index contributed by atoms with van der Waals surface area (Å²) in [6.07, 6.45) is 3.78. The number of nitrogens with one attached hydrogen (secondary N) is 1. The average molecular weight is 276 g/mol. The monoisotopic (exact) mass is 276 g/mol. The van der Waals surface area contributed by atoms with Crippen molar-refractivity contribution in [1.29, 1.82) is 0 Å². The van der Waals surface area contributed by atoms with Crippen LogP contribution < -0.4 is 15.8 Å². The normalized spacial score (nSPS) is 17.5. The first-order valence-corrected chi connectivity index (χ1v) is 7.27. The molecule has 1 aromatic carbocycles. The number of rotatable bonds is 8. The van der Waals surface area contributed by atoms with Gasteiger partial charge in [-0.15, -0.1) is 0 Å². The highest BCUT2D eigenvalue weighted by molar-refractivity contribution is 5.84. The van der Waals surface area contributed by atoms with Gasteiger partial charge in [-0.3, -0.25) is 4.79 Å². The Kier molecular flexibility index (Phi) is 4.65. The van der Waals surface area contributed by atoms with Gasteiger partial charge < -0.3 is 15.8 Å². The lowest BCUT2D eigenvalue weighted by Gasteiger charge is -2.27. The maximum atomic E-state index is 11.6. The van der Waals surface area contributed by atoms with E-state index in [1.807, 2.05) is 38.1 Å². The van der Waals surface area contributed by atoms with Crippen molar-refractivity contribution >= 4 is 5.91 Å². The molecule has 1 aromatic rings. The molecule has 0 heterocycles. The quantitative estimate of drug-likeness (QED) is 0.715. The lowest BCUT2D eigenvalue weighted by molar-refractivity contribution is -0.124. The van der Waals surface area contributed by atoms with Gasteiger partial charge in [0, 0.05) is 6.04 Å². The first-order chi connectivity index (χ1) is 9.51. The third kappa shape index (κ3) is 3.97. The molecule has 0 aromatic heterocycles. The molecule has 1 aliphatic carbocycles. The van der Waals surface area contributed by atoms with Crippen LogP contribution in [0.25, 0.3) is 0 Å². The lowest BCUT2D eigenvalue weighted by atomic mass is 9.95. The van der Waals surface area contributed by atoms with Gasteiger partial charge in [-0.05, 0) is 51.2 Å². The molecule has 2 rings (SSSR count). The summed E-state index contributed by atoms with van der Waals surface area (Å²) < 4.78 is 5.75. The average Bonchev–Trinajstić information content (AvgIpc) is 3.20. The number of carbonyl (C=O) groups excluding carboxylic acids is 1. The van der Waals surface area contributed by atoms with Crippen molar-refractivity contribution in [3.05, 3.63) is 29.8 Å². The fourth-order valence-electron chi connectivity index (χ4n) is 2.27. The molecule has 3 N–H and O–H groups in total. The maximum Gasteiger partial charge on any atom is 0.237 e. The van der Waals surface area contributed by atoms with Crippen molar-refractivity contribution < 1.29 is 9.53 Å². The van der Waals surface area contributed by atoms with Gasteiger partial charge in [0.1, 0.15) is 5.75 Å². The van der Waals surface area contributed by atoms with Crippen LogP contribution in [-0.2, 0) is 4.79 Å². The van der Waals surface area contributed by atoms with E-state index in [-0.39, 0.29) is 5.91 Å². The largest absolute Gasteiger partial charge is 0.493 e. The molecule has 4 nitrogen and oxygen atoms in total. The Balaban J connectivity index is 1.78. The lowest BCUT2D eigenvalue weighted by Crippen LogP contribution is -2.54. The van der Waals surface area contributed by atoms with E-state index in [1.54, 1.807) is 0 Å². The van der Waals surface area contributed by atoms with Gasteiger partial charge in [0.2, 0.25) is 5.91 Å². The molecule has 20 heavy (non-hydrogen) atoms. The van der Waals surface area contributed by atoms with Gasteiger partial charge in [0.25, 0.3) is 0 Å². The molecular weight excluding hydrogens is 252 g/mol. The summed E-state index contributed by atoms with van der Waals surface area (Å²) in [6.45, 7) is 4.51. The van der Waals surface area contributed by atoms with Gasteiger partial charge >= 0.3 is 0 Å². The molecule has 4 heteroatoms. The number of benzene rings is 1. The van der Waals surface area contributed by atoms with E-state index in [1.165, 1.54) is 0 Å². The van der Waals surface area contributed by atoms with Gasteiger partial charge in [0.15, 0.2) is 0 Å². The van der Waals surface area contributed by atoms with Crippen LogP contribution in [0, 0.1) is 6.92 Å². The van der Waals surface area contributed by atoms with E-state index in [0.717, 1.165) is 30.6 Å². The molecule has 0 spiro atoms. The third-order valence-electron chi connectivity index (χ3n) is 3.82. The number of aryl methyl sites for hydroxylation is 1. The maximum absolute atomic E-state index is 11.6. The summed E-state index contributed by atoms with van der Waals surface area (Å²) in [7, 11) is 0. The summed E-state index contributed by atoms with van der Waals surface area (Å²) in [6, 6.07) is 8.41. The van der Waals surface area contributed by atoms with Crippen LogP contribution in [0.5, 0.6) is 5.75 Å². The second kappa shape index (κ2) is 6.27. The minimum Gasteiger partial charge on any atom is -0.493 e. The molecule has 1 fully saturated rings. The Hall–Kier alpha value is -1.55. The highest BCUT2D eigenvalue weighted by atomic mass is 16.5. The Labute approximate surface area is 120 Å². The third-order valence-corrected chi connectivity index (χ3v) is 3.82. The van der Waals surface area contributed by atoms with Crippen molar-refractivity contribution in [3.8, 4) is 5.75 Å². The summed E-state index contributed by atoms with van der Waals surface area (Å²) in [5.74, 6) is 0.628. The van der Waals surface area contributed by atoms with Gasteiger partial charge in [-0.1, -0.05) is 18.2 Å². The molecule has 1 amide bonds. The second-order valence-electron chi connectivity index (χ2n) is 5.83. The first kappa shape index (κ1) is 14.9. The zero-order valence-electron chi connectivity index (χ0n) is 12.3. The van der Waals surface area contributed by atoms with Crippen molar-refractivity contribution in [2.24, 2.45) is 5.73 Å². The standard InChI is InChI=1S/C16H24N2O2/c1-12-6-3-4-7-14(12)20-11-5-10-16(2,15(17)19)18-13-8-9-13/h3-4,6-7,13,18H,5,8-11H2,1-2H3,(H2,17,19). The van der Waals surface area contributed by atoms with Crippen molar-refractivity contribution in [2.75, 3.05) is 6.61 Å². The molecule has 0 radical (unpaired) electrons. The van der Waals surface area contributed by atoms with Crippen LogP contribution in [-0.4, -0.2) is 24.1 Å². The van der Waals surface area contributed by atoms with Crippen molar-refractivity contribution in [1.82, 2.24) is 5.32 Å². The fourth-order valence-corrected chi connectivity index (χ4v) is 2.27. The number of amides is 1. The van der Waals surface area contributed by atoms with Gasteiger partial charge in [0.05, 0.1) is 12.1 Å². The van der Waals surface area contributed by atoms with Crippen LogP contribution in [0.3, 0.4) is 0 Å². The van der Waals surface area contributed by atoms with Crippen LogP contribution in [0.15, 0.2) is 24.3 Å². The number of hydrogen-bond donors (Lipinski definition) is 2. The minimum absolute atomic E-state index is 0.278. The zero-order chi connectivity index (χ0) is 14.6. The Bertz CT molecular complexity index is 471. The van der Waals surface area contributed by atoms with Crippen molar-refractivity contribution in [3.63, 3.8) is 0 Å². The van der Waals surface area contributed by atoms with E-state index < -0.39 is 5.54 Å². The minimum atomic E-state index is -0.615.